The van der Waals surface area contributed by atoms with Crippen molar-refractivity contribution in [2.75, 3.05) is 12.3 Å². The lowest BCUT2D eigenvalue weighted by molar-refractivity contribution is -0.0234. The van der Waals surface area contributed by atoms with Gasteiger partial charge in [0.2, 0.25) is 0 Å². The Bertz CT molecular complexity index is 388. The van der Waals surface area contributed by atoms with Crippen molar-refractivity contribution in [3.05, 3.63) is 23.6 Å². The molecule has 0 spiro atoms. The number of halogens is 1. The summed E-state index contributed by atoms with van der Waals surface area (Å²) < 4.78 is 18.8. The number of nitrogens with two attached hydrogens (primary N) is 1. The molecule has 3 atom stereocenters. The molecule has 0 bridgehead atoms. The molecule has 1 aromatic rings. The van der Waals surface area contributed by atoms with Gasteiger partial charge in [0, 0.05) is 24.2 Å². The molecule has 16 heavy (non-hydrogen) atoms. The van der Waals surface area contributed by atoms with Crippen LogP contribution >= 0.6 is 0 Å². The first-order chi connectivity index (χ1) is 7.61. The minimum absolute atomic E-state index is 0.0958. The fourth-order valence-electron chi connectivity index (χ4n) is 1.79. The van der Waals surface area contributed by atoms with E-state index in [-0.39, 0.29) is 24.4 Å². The molecule has 1 aliphatic rings. The predicted octanol–water partition coefficient (Wildman–Crippen LogP) is -0.0139. The molecule has 0 aromatic carbocycles. The number of aliphatic hydroxyl groups excluding tert-OH is 2. The van der Waals surface area contributed by atoms with E-state index in [0.717, 1.165) is 6.07 Å². The Labute approximate surface area is 91.7 Å². The highest BCUT2D eigenvalue weighted by molar-refractivity contribution is 5.32. The number of nitrogens with zero attached hydrogens (tertiary/aromatic N) is 1. The number of nitrogen functional groups attached to an aromatic ring is 1. The van der Waals surface area contributed by atoms with Crippen molar-refractivity contribution in [1.82, 2.24) is 4.98 Å². The number of hydrogen-bond acceptors (Lipinski definition) is 5. The maximum absolute atomic E-state index is 13.5. The van der Waals surface area contributed by atoms with Crippen molar-refractivity contribution < 1.29 is 19.3 Å². The summed E-state index contributed by atoms with van der Waals surface area (Å²) in [4.78, 5) is 3.77. The molecule has 88 valence electrons. The highest BCUT2D eigenvalue weighted by atomic mass is 19.1. The zero-order chi connectivity index (χ0) is 11.7. The van der Waals surface area contributed by atoms with Crippen LogP contribution in [0.4, 0.5) is 10.2 Å². The van der Waals surface area contributed by atoms with Crippen LogP contribution in [0, 0.1) is 5.82 Å². The molecule has 5 nitrogen and oxygen atoms in total. The van der Waals surface area contributed by atoms with E-state index >= 15 is 0 Å². The van der Waals surface area contributed by atoms with Gasteiger partial charge in [-0.25, -0.2) is 9.37 Å². The third-order valence-corrected chi connectivity index (χ3v) is 2.65. The van der Waals surface area contributed by atoms with Gasteiger partial charge in [-0.2, -0.15) is 0 Å². The van der Waals surface area contributed by atoms with Crippen molar-refractivity contribution in [3.8, 4) is 0 Å². The van der Waals surface area contributed by atoms with Gasteiger partial charge in [0.15, 0.2) is 0 Å². The Kier molecular flexibility index (Phi) is 3.04. The van der Waals surface area contributed by atoms with E-state index in [1.54, 1.807) is 0 Å². The quantitative estimate of drug-likeness (QED) is 0.662. The van der Waals surface area contributed by atoms with Crippen LogP contribution in [0.15, 0.2) is 12.3 Å². The largest absolute Gasteiger partial charge is 0.394 e. The van der Waals surface area contributed by atoms with Gasteiger partial charge >= 0.3 is 0 Å². The lowest BCUT2D eigenvalue weighted by atomic mass is 10.1. The summed E-state index contributed by atoms with van der Waals surface area (Å²) in [6.07, 6.45) is -0.496. The maximum Gasteiger partial charge on any atom is 0.134 e. The summed E-state index contributed by atoms with van der Waals surface area (Å²) in [5.41, 5.74) is 5.58. The Morgan fingerprint density at radius 1 is 1.62 bits per heavy atom. The van der Waals surface area contributed by atoms with Gasteiger partial charge in [-0.05, 0) is 0 Å². The highest BCUT2D eigenvalue weighted by Gasteiger charge is 2.35. The number of pyridine rings is 1. The van der Waals surface area contributed by atoms with Gasteiger partial charge in [-0.15, -0.1) is 0 Å². The van der Waals surface area contributed by atoms with Gasteiger partial charge in [0.05, 0.1) is 18.8 Å². The van der Waals surface area contributed by atoms with Crippen LogP contribution in [0.1, 0.15) is 18.1 Å². The van der Waals surface area contributed by atoms with E-state index in [9.17, 15) is 9.50 Å². The molecule has 1 saturated heterocycles. The summed E-state index contributed by atoms with van der Waals surface area (Å²) in [7, 11) is 0. The first-order valence-corrected chi connectivity index (χ1v) is 4.97. The molecule has 6 heteroatoms. The van der Waals surface area contributed by atoms with Crippen molar-refractivity contribution in [2.45, 2.75) is 24.7 Å². The van der Waals surface area contributed by atoms with Crippen LogP contribution in [0.5, 0.6) is 0 Å². The Morgan fingerprint density at radius 3 is 2.94 bits per heavy atom. The van der Waals surface area contributed by atoms with Gasteiger partial charge in [0.25, 0.3) is 0 Å². The lowest BCUT2D eigenvalue weighted by Gasteiger charge is -2.12. The molecule has 0 unspecified atom stereocenters. The van der Waals surface area contributed by atoms with Crippen molar-refractivity contribution in [3.63, 3.8) is 0 Å². The number of ether oxygens (including phenoxy) is 1. The monoisotopic (exact) mass is 228 g/mol. The molecule has 2 heterocycles. The van der Waals surface area contributed by atoms with Crippen molar-refractivity contribution >= 4 is 5.82 Å². The number of hydrogen-bond donors (Lipinski definition) is 3. The molecular weight excluding hydrogens is 215 g/mol. The summed E-state index contributed by atoms with van der Waals surface area (Å²) in [6, 6.07) is 1.11. The Morgan fingerprint density at radius 2 is 2.38 bits per heavy atom. The number of anilines is 1. The highest BCUT2D eigenvalue weighted by Crippen LogP contribution is 2.34. The SMILES string of the molecule is Nc1cc(F)c([C@H]2C[C@H](O)[C@@H](CO)O2)cn1. The summed E-state index contributed by atoms with van der Waals surface area (Å²) >= 11 is 0. The van der Waals surface area contributed by atoms with Gasteiger partial charge in [-0.1, -0.05) is 0 Å². The summed E-state index contributed by atoms with van der Waals surface area (Å²) in [5.74, 6) is -0.415. The van der Waals surface area contributed by atoms with Crippen LogP contribution in [0.3, 0.4) is 0 Å². The topological polar surface area (TPSA) is 88.6 Å². The normalized spacial score (nSPS) is 29.6. The fraction of sp³-hybridized carbons (Fsp3) is 0.500. The minimum atomic E-state index is -0.785. The minimum Gasteiger partial charge on any atom is -0.394 e. The molecule has 0 amide bonds. The zero-order valence-corrected chi connectivity index (χ0v) is 8.51. The van der Waals surface area contributed by atoms with E-state index < -0.39 is 24.1 Å². The van der Waals surface area contributed by atoms with Crippen LogP contribution < -0.4 is 5.73 Å². The molecule has 0 aliphatic carbocycles. The molecule has 2 rings (SSSR count). The molecular formula is C10H13FN2O3. The number of rotatable bonds is 2. The van der Waals surface area contributed by atoms with Crippen LogP contribution in [-0.4, -0.2) is 34.0 Å². The summed E-state index contributed by atoms with van der Waals surface area (Å²) in [5, 5.41) is 18.4. The third-order valence-electron chi connectivity index (χ3n) is 2.65. The van der Waals surface area contributed by atoms with E-state index in [2.05, 4.69) is 4.98 Å². The smallest absolute Gasteiger partial charge is 0.134 e. The third kappa shape index (κ3) is 1.99. The second-order valence-electron chi connectivity index (χ2n) is 3.78. The summed E-state index contributed by atoms with van der Waals surface area (Å²) in [6.45, 7) is -0.290. The van der Waals surface area contributed by atoms with E-state index in [1.807, 2.05) is 0 Å². The van der Waals surface area contributed by atoms with Gasteiger partial charge < -0.3 is 20.7 Å². The average Bonchev–Trinajstić information content (AvgIpc) is 2.59. The first-order valence-electron chi connectivity index (χ1n) is 4.97. The van der Waals surface area contributed by atoms with E-state index in [4.69, 9.17) is 15.6 Å². The maximum atomic E-state index is 13.5. The first kappa shape index (κ1) is 11.3. The van der Waals surface area contributed by atoms with E-state index in [0.29, 0.717) is 0 Å². The van der Waals surface area contributed by atoms with Crippen molar-refractivity contribution in [1.29, 1.82) is 0 Å². The number of aliphatic hydroxyl groups is 2. The fourth-order valence-corrected chi connectivity index (χ4v) is 1.79. The molecule has 1 fully saturated rings. The van der Waals surface area contributed by atoms with Crippen molar-refractivity contribution in [2.24, 2.45) is 0 Å². The molecule has 1 aromatic heterocycles. The van der Waals surface area contributed by atoms with Crippen LogP contribution in [-0.2, 0) is 4.74 Å². The molecule has 0 saturated carbocycles. The second kappa shape index (κ2) is 4.32. The predicted molar refractivity (Wildman–Crippen MR) is 53.9 cm³/mol. The van der Waals surface area contributed by atoms with E-state index in [1.165, 1.54) is 6.20 Å². The van der Waals surface area contributed by atoms with Crippen LogP contribution in [0.2, 0.25) is 0 Å². The average molecular weight is 228 g/mol. The molecule has 4 N–H and O–H groups in total. The Balaban J connectivity index is 2.20. The lowest BCUT2D eigenvalue weighted by Crippen LogP contribution is -2.24. The zero-order valence-electron chi connectivity index (χ0n) is 8.51. The number of aromatic nitrogens is 1. The molecule has 1 aliphatic heterocycles. The molecule has 0 radical (unpaired) electrons. The van der Waals surface area contributed by atoms with Gasteiger partial charge in [-0.3, -0.25) is 0 Å². The Hall–Kier alpha value is -1.24. The van der Waals surface area contributed by atoms with Gasteiger partial charge in [0.1, 0.15) is 17.7 Å². The standard InChI is InChI=1S/C10H13FN2O3/c11-6-1-10(12)13-3-5(6)8-2-7(15)9(4-14)16-8/h1,3,7-9,14-15H,2,4H2,(H2,12,13)/t7-,8+,9+/m0/s1. The second-order valence-corrected chi connectivity index (χ2v) is 3.78. The van der Waals surface area contributed by atoms with Crippen LogP contribution in [0.25, 0.3) is 0 Å².